The molecule has 0 fully saturated rings. The number of rotatable bonds is 9. The number of carboxylic acids is 1. The minimum atomic E-state index is -0.943. The molecule has 0 heterocycles. The molecule has 100 valence electrons. The largest absolute Gasteiger partial charge is 0.480 e. The maximum Gasteiger partial charge on any atom is 0.326 e. The minimum Gasteiger partial charge on any atom is -0.480 e. The Balaban J connectivity index is 4.00. The first-order valence-electron chi connectivity index (χ1n) is 6.55. The molecule has 0 saturated carbocycles. The van der Waals surface area contributed by atoms with E-state index in [9.17, 15) is 9.59 Å². The van der Waals surface area contributed by atoms with Crippen molar-refractivity contribution in [3.63, 3.8) is 0 Å². The van der Waals surface area contributed by atoms with Crippen molar-refractivity contribution in [2.24, 2.45) is 5.92 Å². The highest BCUT2D eigenvalue weighted by Gasteiger charge is 2.24. The molecule has 0 aliphatic rings. The van der Waals surface area contributed by atoms with Gasteiger partial charge in [-0.1, -0.05) is 46.5 Å². The van der Waals surface area contributed by atoms with Gasteiger partial charge in [-0.05, 0) is 12.3 Å². The summed E-state index contributed by atoms with van der Waals surface area (Å²) in [6, 6.07) is -0.751. The number of unbranched alkanes of at least 4 members (excludes halogenated alkanes) is 3. The van der Waals surface area contributed by atoms with E-state index in [4.69, 9.17) is 5.11 Å². The van der Waals surface area contributed by atoms with E-state index in [0.717, 1.165) is 32.1 Å². The molecule has 0 unspecified atom stereocenters. The monoisotopic (exact) mass is 243 g/mol. The third-order valence-corrected chi connectivity index (χ3v) is 3.05. The van der Waals surface area contributed by atoms with E-state index in [1.54, 1.807) is 0 Å². The van der Waals surface area contributed by atoms with Crippen LogP contribution >= 0.6 is 0 Å². The lowest BCUT2D eigenvalue weighted by Gasteiger charge is -2.20. The normalized spacial score (nSPS) is 14.1. The summed E-state index contributed by atoms with van der Waals surface area (Å²) in [4.78, 5) is 22.6. The quantitative estimate of drug-likeness (QED) is 0.612. The van der Waals surface area contributed by atoms with Gasteiger partial charge in [0.05, 0.1) is 0 Å². The molecule has 0 aromatic rings. The third-order valence-electron chi connectivity index (χ3n) is 3.05. The zero-order valence-corrected chi connectivity index (χ0v) is 11.2. The van der Waals surface area contributed by atoms with Crippen molar-refractivity contribution in [1.82, 2.24) is 5.32 Å². The van der Waals surface area contributed by atoms with Crippen molar-refractivity contribution in [2.45, 2.75) is 65.3 Å². The van der Waals surface area contributed by atoms with E-state index in [2.05, 4.69) is 12.2 Å². The summed E-state index contributed by atoms with van der Waals surface area (Å²) in [5.74, 6) is -1.12. The van der Waals surface area contributed by atoms with Crippen molar-refractivity contribution >= 4 is 11.9 Å². The Hall–Kier alpha value is -1.06. The van der Waals surface area contributed by atoms with Crippen LogP contribution in [-0.4, -0.2) is 23.0 Å². The first-order valence-corrected chi connectivity index (χ1v) is 6.55. The van der Waals surface area contributed by atoms with Gasteiger partial charge >= 0.3 is 5.97 Å². The second-order valence-corrected chi connectivity index (χ2v) is 4.58. The lowest BCUT2D eigenvalue weighted by Crippen LogP contribution is -2.44. The summed E-state index contributed by atoms with van der Waals surface area (Å²) in [5, 5.41) is 11.6. The highest BCUT2D eigenvalue weighted by Crippen LogP contribution is 2.09. The molecule has 0 aromatic heterocycles. The van der Waals surface area contributed by atoms with E-state index >= 15 is 0 Å². The van der Waals surface area contributed by atoms with Crippen molar-refractivity contribution < 1.29 is 14.7 Å². The second-order valence-electron chi connectivity index (χ2n) is 4.58. The topological polar surface area (TPSA) is 66.4 Å². The molecule has 4 heteroatoms. The number of carboxylic acid groups (broad SMARTS) is 1. The molecule has 2 N–H and O–H groups in total. The van der Waals surface area contributed by atoms with Gasteiger partial charge in [0.1, 0.15) is 6.04 Å². The summed E-state index contributed by atoms with van der Waals surface area (Å²) in [5.41, 5.74) is 0. The highest BCUT2D eigenvalue weighted by atomic mass is 16.4. The molecule has 0 rings (SSSR count). The zero-order chi connectivity index (χ0) is 13.3. The first kappa shape index (κ1) is 15.9. The first-order chi connectivity index (χ1) is 8.02. The number of nitrogens with one attached hydrogen (secondary N) is 1. The molecule has 0 aliphatic carbocycles. The fraction of sp³-hybridized carbons (Fsp3) is 0.846. The lowest BCUT2D eigenvalue weighted by atomic mass is 9.99. The summed E-state index contributed by atoms with van der Waals surface area (Å²) < 4.78 is 0. The summed E-state index contributed by atoms with van der Waals surface area (Å²) in [6.07, 6.45) is 5.30. The van der Waals surface area contributed by atoms with Crippen LogP contribution in [0, 0.1) is 5.92 Å². The van der Waals surface area contributed by atoms with Crippen molar-refractivity contribution in [1.29, 1.82) is 0 Å². The molecule has 0 bridgehead atoms. The molecule has 17 heavy (non-hydrogen) atoms. The Bertz CT molecular complexity index is 241. The SMILES string of the molecule is CCCCCCC(=O)N[C@H](C(=O)O)[C@@H](C)CC. The van der Waals surface area contributed by atoms with Gasteiger partial charge in [0, 0.05) is 6.42 Å². The molecule has 0 aliphatic heterocycles. The Morgan fingerprint density at radius 2 is 1.82 bits per heavy atom. The van der Waals surface area contributed by atoms with Crippen LogP contribution in [0.15, 0.2) is 0 Å². The van der Waals surface area contributed by atoms with Crippen molar-refractivity contribution in [2.75, 3.05) is 0 Å². The summed E-state index contributed by atoms with van der Waals surface area (Å²) >= 11 is 0. The van der Waals surface area contributed by atoms with Gasteiger partial charge in [0.15, 0.2) is 0 Å². The fourth-order valence-electron chi connectivity index (χ4n) is 1.64. The van der Waals surface area contributed by atoms with Crippen LogP contribution in [-0.2, 0) is 9.59 Å². The van der Waals surface area contributed by atoms with E-state index in [1.165, 1.54) is 0 Å². The van der Waals surface area contributed by atoms with Gasteiger partial charge in [0.2, 0.25) is 5.91 Å². The highest BCUT2D eigenvalue weighted by molar-refractivity contribution is 5.83. The van der Waals surface area contributed by atoms with Crippen LogP contribution in [0.2, 0.25) is 0 Å². The number of hydrogen-bond donors (Lipinski definition) is 2. The van der Waals surface area contributed by atoms with E-state index in [1.807, 2.05) is 13.8 Å². The van der Waals surface area contributed by atoms with E-state index in [-0.39, 0.29) is 11.8 Å². The number of carbonyl (C=O) groups excluding carboxylic acids is 1. The average Bonchev–Trinajstić information content (AvgIpc) is 2.30. The van der Waals surface area contributed by atoms with Gasteiger partial charge in [-0.3, -0.25) is 4.79 Å². The molecule has 0 spiro atoms. The van der Waals surface area contributed by atoms with Gasteiger partial charge in [-0.15, -0.1) is 0 Å². The summed E-state index contributed by atoms with van der Waals surface area (Å²) in [7, 11) is 0. The van der Waals surface area contributed by atoms with Crippen LogP contribution in [0.4, 0.5) is 0 Å². The molecule has 2 atom stereocenters. The number of aliphatic carboxylic acids is 1. The Morgan fingerprint density at radius 3 is 2.29 bits per heavy atom. The van der Waals surface area contributed by atoms with Crippen LogP contribution in [0.1, 0.15) is 59.3 Å². The third kappa shape index (κ3) is 6.97. The van der Waals surface area contributed by atoms with E-state index < -0.39 is 12.0 Å². The lowest BCUT2D eigenvalue weighted by molar-refractivity contribution is -0.143. The fourth-order valence-corrected chi connectivity index (χ4v) is 1.64. The molecular formula is C13H25NO3. The Labute approximate surface area is 104 Å². The zero-order valence-electron chi connectivity index (χ0n) is 11.2. The van der Waals surface area contributed by atoms with Crippen LogP contribution in [0.5, 0.6) is 0 Å². The molecule has 0 radical (unpaired) electrons. The predicted molar refractivity (Wildman–Crippen MR) is 67.8 cm³/mol. The standard InChI is InChI=1S/C13H25NO3/c1-4-6-7-8-9-11(15)14-12(13(16)17)10(3)5-2/h10,12H,4-9H2,1-3H3,(H,14,15)(H,16,17)/t10-,12-/m0/s1. The van der Waals surface area contributed by atoms with Crippen LogP contribution in [0.3, 0.4) is 0 Å². The van der Waals surface area contributed by atoms with Gasteiger partial charge < -0.3 is 10.4 Å². The van der Waals surface area contributed by atoms with Gasteiger partial charge in [-0.25, -0.2) is 4.79 Å². The van der Waals surface area contributed by atoms with Crippen molar-refractivity contribution in [3.05, 3.63) is 0 Å². The second kappa shape index (κ2) is 9.02. The Morgan fingerprint density at radius 1 is 1.18 bits per heavy atom. The van der Waals surface area contributed by atoms with E-state index in [0.29, 0.717) is 6.42 Å². The summed E-state index contributed by atoms with van der Waals surface area (Å²) in [6.45, 7) is 5.88. The maximum atomic E-state index is 11.6. The van der Waals surface area contributed by atoms with Gasteiger partial charge in [-0.2, -0.15) is 0 Å². The predicted octanol–water partition coefficient (Wildman–Crippen LogP) is 2.57. The Kier molecular flexibility index (Phi) is 8.46. The molecule has 1 amide bonds. The number of hydrogen-bond acceptors (Lipinski definition) is 2. The molecule has 0 saturated heterocycles. The van der Waals surface area contributed by atoms with Crippen LogP contribution in [0.25, 0.3) is 0 Å². The number of amides is 1. The van der Waals surface area contributed by atoms with Gasteiger partial charge in [0.25, 0.3) is 0 Å². The van der Waals surface area contributed by atoms with Crippen molar-refractivity contribution in [3.8, 4) is 0 Å². The molecular weight excluding hydrogens is 218 g/mol. The minimum absolute atomic E-state index is 0.0351. The average molecular weight is 243 g/mol. The maximum absolute atomic E-state index is 11.6. The molecule has 0 aromatic carbocycles. The smallest absolute Gasteiger partial charge is 0.326 e. The molecule has 4 nitrogen and oxygen atoms in total. The van der Waals surface area contributed by atoms with Crippen LogP contribution < -0.4 is 5.32 Å². The number of carbonyl (C=O) groups is 2.